The summed E-state index contributed by atoms with van der Waals surface area (Å²) in [5.41, 5.74) is 1.61. The molecule has 12 heteroatoms. The van der Waals surface area contributed by atoms with Gasteiger partial charge in [-0.15, -0.1) is 0 Å². The Kier molecular flexibility index (Phi) is 5.73. The number of anilines is 1. The number of amides is 2. The minimum absolute atomic E-state index is 0.171. The first-order chi connectivity index (χ1) is 20.3. The topological polar surface area (TPSA) is 77.5 Å². The molecule has 4 unspecified atom stereocenters. The summed E-state index contributed by atoms with van der Waals surface area (Å²) in [4.78, 5) is 41.8. The van der Waals surface area contributed by atoms with Gasteiger partial charge < -0.3 is 10.2 Å². The Morgan fingerprint density at radius 2 is 1.67 bits per heavy atom. The maximum absolute atomic E-state index is 15.3. The zero-order valence-electron chi connectivity index (χ0n) is 22.3. The van der Waals surface area contributed by atoms with Crippen molar-refractivity contribution < 1.29 is 14.4 Å². The van der Waals surface area contributed by atoms with Crippen LogP contribution in [0.4, 0.5) is 5.69 Å². The number of nitrogens with zero attached hydrogens (tertiary/aromatic N) is 4. The summed E-state index contributed by atoms with van der Waals surface area (Å²) in [6.45, 7) is 1.46. The van der Waals surface area contributed by atoms with Crippen molar-refractivity contribution in [1.82, 2.24) is 14.7 Å². The largest absolute Gasteiger partial charge is 0.344 e. The van der Waals surface area contributed by atoms with Gasteiger partial charge in [0.05, 0.1) is 15.6 Å². The highest BCUT2D eigenvalue weighted by Crippen LogP contribution is 2.70. The summed E-state index contributed by atoms with van der Waals surface area (Å²) < 4.78 is -1.32. The lowest BCUT2D eigenvalue weighted by Crippen LogP contribution is -2.63. The predicted molar refractivity (Wildman–Crippen MR) is 164 cm³/mol. The lowest BCUT2D eigenvalue weighted by Gasteiger charge is -2.43. The number of likely N-dealkylation sites (N-methyl/N-ethyl adjacent to an activating group) is 1. The molecule has 3 aromatic rings. The average Bonchev–Trinajstić information content (AvgIpc) is 3.65. The van der Waals surface area contributed by atoms with Crippen LogP contribution in [0.3, 0.4) is 0 Å². The van der Waals surface area contributed by atoms with Crippen molar-refractivity contribution in [2.75, 3.05) is 32.0 Å². The highest BCUT2D eigenvalue weighted by molar-refractivity contribution is 8.03. The fourth-order valence-corrected chi connectivity index (χ4v) is 10.4. The van der Waals surface area contributed by atoms with Gasteiger partial charge in [0.25, 0.3) is 5.91 Å². The van der Waals surface area contributed by atoms with Gasteiger partial charge in [0, 0.05) is 41.8 Å². The Labute approximate surface area is 261 Å². The molecule has 3 saturated heterocycles. The first-order valence-electron chi connectivity index (χ1n) is 13.6. The van der Waals surface area contributed by atoms with Gasteiger partial charge in [-0.1, -0.05) is 76.4 Å². The van der Waals surface area contributed by atoms with Gasteiger partial charge in [-0.2, -0.15) is 0 Å². The number of rotatable bonds is 2. The minimum atomic E-state index is -1.33. The van der Waals surface area contributed by atoms with Crippen molar-refractivity contribution in [3.63, 3.8) is 0 Å². The van der Waals surface area contributed by atoms with Gasteiger partial charge in [0.1, 0.15) is 4.75 Å². The lowest BCUT2D eigenvalue weighted by atomic mass is 9.72. The molecule has 8 nitrogen and oxygen atoms in total. The molecule has 214 valence electrons. The normalized spacial score (nSPS) is 31.3. The average molecular weight is 641 g/mol. The number of carbonyl (C=O) groups excluding carboxylic acids is 2. The van der Waals surface area contributed by atoms with Crippen LogP contribution < -0.4 is 5.32 Å². The van der Waals surface area contributed by atoms with Gasteiger partial charge in [-0.05, 0) is 61.1 Å². The number of para-hydroxylation sites is 1. The van der Waals surface area contributed by atoms with Crippen molar-refractivity contribution in [3.8, 4) is 0 Å². The second kappa shape index (κ2) is 9.03. The number of carbonyl (C=O) groups is 2. The van der Waals surface area contributed by atoms with Crippen LogP contribution in [0.25, 0.3) is 0 Å². The van der Waals surface area contributed by atoms with E-state index in [1.54, 1.807) is 23.1 Å². The van der Waals surface area contributed by atoms with Crippen molar-refractivity contribution in [3.05, 3.63) is 98.5 Å². The van der Waals surface area contributed by atoms with Gasteiger partial charge >= 0.3 is 5.18 Å². The molecular formula is C30H24Cl3N5O3S. The Morgan fingerprint density at radius 1 is 0.952 bits per heavy atom. The van der Waals surface area contributed by atoms with E-state index in [1.807, 2.05) is 65.4 Å². The predicted octanol–water partition coefficient (Wildman–Crippen LogP) is 5.55. The molecule has 42 heavy (non-hydrogen) atoms. The van der Waals surface area contributed by atoms with Crippen molar-refractivity contribution in [1.29, 1.82) is 0 Å². The molecule has 0 saturated carbocycles. The first-order valence-corrected chi connectivity index (χ1v) is 15.6. The number of amidine groups is 1. The molecule has 5 aliphatic rings. The number of oxime groups is 1. The van der Waals surface area contributed by atoms with Gasteiger partial charge in [0.15, 0.2) is 11.4 Å². The van der Waals surface area contributed by atoms with Crippen molar-refractivity contribution >= 4 is 69.9 Å². The smallest absolute Gasteiger partial charge is 0.332 e. The molecule has 1 N–H and O–H groups in total. The molecule has 0 radical (unpaired) electrons. The van der Waals surface area contributed by atoms with Crippen LogP contribution in [0.1, 0.15) is 29.0 Å². The molecule has 3 spiro atoms. The number of hydrogen-bond acceptors (Lipinski definition) is 7. The third kappa shape index (κ3) is 3.08. The minimum Gasteiger partial charge on any atom is -0.332 e. The van der Waals surface area contributed by atoms with E-state index in [0.29, 0.717) is 58.2 Å². The zero-order valence-corrected chi connectivity index (χ0v) is 25.4. The second-order valence-electron chi connectivity index (χ2n) is 11.1. The summed E-state index contributed by atoms with van der Waals surface area (Å²) in [6.07, 6.45) is 0.672. The number of halogens is 3. The van der Waals surface area contributed by atoms with E-state index in [9.17, 15) is 4.79 Å². The fourth-order valence-electron chi connectivity index (χ4n) is 7.56. The van der Waals surface area contributed by atoms with Crippen molar-refractivity contribution in [2.24, 2.45) is 5.16 Å². The number of hydrogen-bond donors (Lipinski definition) is 1. The monoisotopic (exact) mass is 639 g/mol. The Hall–Kier alpha value is -2.95. The van der Waals surface area contributed by atoms with Crippen LogP contribution in [0.15, 0.2) is 71.9 Å². The molecule has 2 amide bonds. The Morgan fingerprint density at radius 3 is 2.43 bits per heavy atom. The molecule has 0 bridgehead atoms. The van der Waals surface area contributed by atoms with E-state index >= 15 is 4.79 Å². The first kappa shape index (κ1) is 26.7. The Bertz CT molecular complexity index is 1700. The van der Waals surface area contributed by atoms with Crippen LogP contribution >= 0.6 is 46.6 Å². The number of fused-ring (bicyclic) bond motifs is 3. The van der Waals surface area contributed by atoms with Crippen LogP contribution in [0.2, 0.25) is 15.1 Å². The van der Waals surface area contributed by atoms with Crippen LogP contribution in [0.5, 0.6) is 0 Å². The number of thioether (sulfide) groups is 1. The SMILES string of the molecule is CN1CC(c2ccc(Cl)cc2)C2(SC34ON=C(c5c(Cl)cccc5Cl)N3CCCN4C2=O)C12C(=O)Nc1ccccc12. The molecule has 0 aliphatic carbocycles. The van der Waals surface area contributed by atoms with Gasteiger partial charge in [0.2, 0.25) is 5.91 Å². The fraction of sp³-hybridized carbons (Fsp3) is 0.300. The molecule has 0 aromatic heterocycles. The highest BCUT2D eigenvalue weighted by atomic mass is 35.5. The quantitative estimate of drug-likeness (QED) is 0.396. The van der Waals surface area contributed by atoms with Crippen LogP contribution in [-0.4, -0.2) is 69.0 Å². The van der Waals surface area contributed by atoms with E-state index in [4.69, 9.17) is 39.6 Å². The third-order valence-electron chi connectivity index (χ3n) is 9.22. The summed E-state index contributed by atoms with van der Waals surface area (Å²) in [5, 5.41) is 7.76. The number of benzene rings is 3. The number of likely N-dealkylation sites (tertiary alicyclic amines) is 1. The Balaban J connectivity index is 1.36. The van der Waals surface area contributed by atoms with E-state index < -0.39 is 15.5 Å². The summed E-state index contributed by atoms with van der Waals surface area (Å²) >= 11 is 20.9. The van der Waals surface area contributed by atoms with Gasteiger partial charge in [-0.25, -0.2) is 0 Å². The van der Waals surface area contributed by atoms with Crippen LogP contribution in [-0.2, 0) is 20.0 Å². The lowest BCUT2D eigenvalue weighted by molar-refractivity contribution is -0.172. The maximum atomic E-state index is 15.3. The number of nitrogens with one attached hydrogen (secondary N) is 1. The maximum Gasteiger partial charge on any atom is 0.344 e. The third-order valence-corrected chi connectivity index (χ3v) is 12.0. The second-order valence-corrected chi connectivity index (χ2v) is 13.8. The van der Waals surface area contributed by atoms with E-state index in [-0.39, 0.29) is 17.7 Å². The zero-order chi connectivity index (χ0) is 29.0. The molecule has 3 fully saturated rings. The summed E-state index contributed by atoms with van der Waals surface area (Å²) in [5.74, 6) is -0.324. The molecule has 8 rings (SSSR count). The van der Waals surface area contributed by atoms with Gasteiger partial charge in [-0.3, -0.25) is 24.3 Å². The van der Waals surface area contributed by atoms with E-state index in [0.717, 1.165) is 11.1 Å². The van der Waals surface area contributed by atoms with Crippen molar-refractivity contribution in [2.45, 2.75) is 27.8 Å². The van der Waals surface area contributed by atoms with E-state index in [1.165, 1.54) is 11.8 Å². The molecular weight excluding hydrogens is 617 g/mol. The summed E-state index contributed by atoms with van der Waals surface area (Å²) in [6, 6.07) is 20.4. The summed E-state index contributed by atoms with van der Waals surface area (Å²) in [7, 11) is 1.92. The highest BCUT2D eigenvalue weighted by Gasteiger charge is 2.83. The van der Waals surface area contributed by atoms with E-state index in [2.05, 4.69) is 10.5 Å². The van der Waals surface area contributed by atoms with Crippen LogP contribution in [0, 0.1) is 0 Å². The molecule has 5 aliphatic heterocycles. The molecule has 3 aromatic carbocycles. The molecule has 4 atom stereocenters. The molecule has 5 heterocycles. The standard InChI is InChI=1S/C30H24Cl3N5O3S/c1-36-16-20(17-10-12-18(31)13-11-17)29(28(36)19-6-2-3-9-23(19)34-26(28)39)27(40)38-15-5-14-37-25(35-41-30(37,38)42-29)24-21(32)7-4-8-22(24)33/h2-4,6-13,20H,5,14-16H2,1H3,(H,34,39).